The molecule has 5 atom stereocenters. The molecule has 2 aliphatic rings. The summed E-state index contributed by atoms with van der Waals surface area (Å²) in [5, 5.41) is 20.3. The summed E-state index contributed by atoms with van der Waals surface area (Å²) in [7, 11) is 7.98. The first-order valence-electron chi connectivity index (χ1n) is 34.3. The summed E-state index contributed by atoms with van der Waals surface area (Å²) in [5.74, 6) is 2.96. The Balaban J connectivity index is 0.000000243. The predicted molar refractivity (Wildman–Crippen MR) is 419 cm³/mol. The summed E-state index contributed by atoms with van der Waals surface area (Å²) in [6.45, 7) is 9.36. The first-order chi connectivity index (χ1) is 47.7. The number of halogens is 2. The van der Waals surface area contributed by atoms with Gasteiger partial charge in [0, 0.05) is 113 Å². The van der Waals surface area contributed by atoms with E-state index in [-0.39, 0.29) is 60.7 Å². The molecule has 20 heteroatoms. The number of amidine groups is 2. The lowest BCUT2D eigenvalue weighted by Gasteiger charge is -2.18. The number of thioether (sulfide) groups is 1. The fourth-order valence-electron chi connectivity index (χ4n) is 11.7. The van der Waals surface area contributed by atoms with Gasteiger partial charge in [-0.1, -0.05) is 136 Å². The number of anilines is 2. The van der Waals surface area contributed by atoms with Crippen molar-refractivity contribution in [2.24, 2.45) is 21.5 Å². The molecule has 100 heavy (non-hydrogen) atoms. The van der Waals surface area contributed by atoms with Crippen LogP contribution in [0.4, 0.5) is 11.4 Å². The van der Waals surface area contributed by atoms with Crippen LogP contribution in [0.3, 0.4) is 0 Å². The van der Waals surface area contributed by atoms with Gasteiger partial charge in [-0.3, -0.25) is 38.8 Å². The number of unbranched alkanes of at least 4 members (excludes halogenated alkanes) is 1. The number of alkyl halides is 2. The number of carbonyl (C=O) groups excluding carboxylic acids is 6. The highest BCUT2D eigenvalue weighted by atomic mass is 35.5. The molecule has 0 bridgehead atoms. The van der Waals surface area contributed by atoms with Crippen molar-refractivity contribution in [3.8, 4) is 11.1 Å². The van der Waals surface area contributed by atoms with Crippen LogP contribution < -0.4 is 47.9 Å². The number of nitrogens with zero attached hydrogens (tertiary/aromatic N) is 4. The molecule has 0 spiro atoms. The monoisotopic (exact) mass is 1420 g/mol. The Morgan fingerprint density at radius 3 is 1.67 bits per heavy atom. The number of amides is 3. The molecule has 3 amide bonds. The van der Waals surface area contributed by atoms with Crippen molar-refractivity contribution in [1.29, 1.82) is 0 Å². The van der Waals surface area contributed by atoms with E-state index in [0.717, 1.165) is 92.4 Å². The lowest BCUT2D eigenvalue weighted by molar-refractivity contribution is -0.122. The number of nitrogens with one attached hydrogen (secondary N) is 5. The molecule has 7 aromatic rings. The SMILES string of the molecule is C.C=C1NC2CSC(CCCCC(=O)NCCCC(=O)CC)C2N1.CN(C)c1ccc2cc(C(=O)N[C@@H](CCCN=C(N)CCl)C(=O)Cc3ccc(-c4ccccc4)cc3)ccc2c1.Cc1ccc(CCC(=O)[C@H](CCCN=C(N)CCl)NC(=O)c2ccc3cc(N(C)C)ccc3c2)cc1. The Morgan fingerprint density at radius 2 is 1.13 bits per heavy atom. The predicted octanol–water partition coefficient (Wildman–Crippen LogP) is 13.3. The third-order valence-corrected chi connectivity index (χ3v) is 19.6. The van der Waals surface area contributed by atoms with E-state index in [1.54, 1.807) is 12.1 Å². The van der Waals surface area contributed by atoms with Crippen LogP contribution in [-0.4, -0.2) is 141 Å². The number of hydrogen-bond acceptors (Lipinski definition) is 13. The van der Waals surface area contributed by atoms with Crippen LogP contribution in [0.1, 0.15) is 129 Å². The molecule has 2 saturated heterocycles. The molecule has 3 unspecified atom stereocenters. The van der Waals surface area contributed by atoms with Crippen molar-refractivity contribution >= 4 is 115 Å². The summed E-state index contributed by atoms with van der Waals surface area (Å²) < 4.78 is 0. The third kappa shape index (κ3) is 26.1. The van der Waals surface area contributed by atoms with Crippen molar-refractivity contribution in [3.05, 3.63) is 192 Å². The van der Waals surface area contributed by atoms with Crippen LogP contribution in [0, 0.1) is 6.92 Å². The van der Waals surface area contributed by atoms with Gasteiger partial charge in [0.2, 0.25) is 5.91 Å². The molecule has 2 heterocycles. The normalized spacial score (nSPS) is 15.2. The fourth-order valence-corrected chi connectivity index (χ4v) is 13.4. The molecule has 0 aromatic heterocycles. The minimum absolute atomic E-state index is 0. The molecule has 17 nitrogen and oxygen atoms in total. The zero-order valence-corrected chi connectivity index (χ0v) is 60.6. The lowest BCUT2D eigenvalue weighted by Crippen LogP contribution is -2.41. The quantitative estimate of drug-likeness (QED) is 0.00860. The zero-order chi connectivity index (χ0) is 71.2. The molecule has 0 saturated carbocycles. The maximum atomic E-state index is 13.4. The number of carbonyl (C=O) groups is 6. The lowest BCUT2D eigenvalue weighted by atomic mass is 9.97. The third-order valence-electron chi connectivity index (χ3n) is 17.5. The van der Waals surface area contributed by atoms with Crippen LogP contribution in [0.2, 0.25) is 0 Å². The molecular formula is C80H103Cl2N11O6S. The van der Waals surface area contributed by atoms with Crippen molar-refractivity contribution in [2.45, 2.75) is 141 Å². The topological polar surface area (TPSA) is 246 Å². The maximum Gasteiger partial charge on any atom is 0.251 e. The molecule has 534 valence electrons. The van der Waals surface area contributed by atoms with Gasteiger partial charge in [0.1, 0.15) is 17.5 Å². The summed E-state index contributed by atoms with van der Waals surface area (Å²) >= 11 is 13.4. The number of nitrogens with two attached hydrogens (primary N) is 2. The molecule has 2 fully saturated rings. The molecular weight excluding hydrogens is 1310 g/mol. The van der Waals surface area contributed by atoms with Crippen molar-refractivity contribution < 1.29 is 28.8 Å². The average Bonchev–Trinajstić information content (AvgIpc) is 1.39. The number of benzene rings is 7. The fraction of sp³-hybridized carbons (Fsp3) is 0.400. The summed E-state index contributed by atoms with van der Waals surface area (Å²) in [6.07, 6.45) is 9.01. The van der Waals surface area contributed by atoms with Crippen LogP contribution in [0.25, 0.3) is 32.7 Å². The highest BCUT2D eigenvalue weighted by molar-refractivity contribution is 8.00. The van der Waals surface area contributed by atoms with Gasteiger partial charge in [-0.05, 0) is 151 Å². The van der Waals surface area contributed by atoms with E-state index in [1.165, 1.54) is 5.56 Å². The summed E-state index contributed by atoms with van der Waals surface area (Å²) in [4.78, 5) is 88.4. The van der Waals surface area contributed by atoms with Gasteiger partial charge in [0.25, 0.3) is 11.8 Å². The molecule has 9 N–H and O–H groups in total. The largest absolute Gasteiger partial charge is 0.386 e. The van der Waals surface area contributed by atoms with Gasteiger partial charge in [0.15, 0.2) is 11.6 Å². The van der Waals surface area contributed by atoms with Gasteiger partial charge < -0.3 is 47.9 Å². The average molecular weight is 1420 g/mol. The Morgan fingerprint density at radius 1 is 0.610 bits per heavy atom. The second-order valence-electron chi connectivity index (χ2n) is 25.7. The second-order valence-corrected chi connectivity index (χ2v) is 27.5. The smallest absolute Gasteiger partial charge is 0.251 e. The van der Waals surface area contributed by atoms with Gasteiger partial charge in [-0.2, -0.15) is 11.8 Å². The summed E-state index contributed by atoms with van der Waals surface area (Å²) in [5.41, 5.74) is 20.0. The van der Waals surface area contributed by atoms with Gasteiger partial charge in [-0.25, -0.2) is 0 Å². The number of Topliss-reactive ketones (excluding diaryl/α,β-unsaturated/α-hetero) is 3. The standard InChI is InChI=1S/C33H35ClN4O2.C29H35ClN4O2.C17H29N3O2S.CH4/c1-38(2)29-17-16-26-20-28(15-14-27(26)21-29)33(40)37-30(9-6-18-36-32(35)22-34)31(39)19-23-10-12-25(13-11-23)24-7-4-3-5-8-24;1-20-6-8-21(9-7-20)10-15-27(35)26(5-4-16-32-28(31)19-30)33-29(36)24-12-11-23-18-25(34(2)3)14-13-22(23)17-24;1-3-13(21)7-6-10-18-16(22)9-5-4-8-15-17-14(11-23-15)19-12(2)20-17;/h3-5,7-8,10-17,20-21,30H,6,9,18-19,22H2,1-2H3,(H2,35,36)(H,37,40);6-9,11-14,17-18,26H,4-5,10,15-16,19H2,1-3H3,(H2,31,32)(H,33,36);14-15,17,19-20H,2-11H2,1H3,(H,18,22);1H4/t30-;26-;;/m00../s1. The minimum Gasteiger partial charge on any atom is -0.386 e. The first kappa shape index (κ1) is 80.3. The number of fused-ring (bicyclic) bond motifs is 3. The van der Waals surface area contributed by atoms with Crippen LogP contribution in [0.5, 0.6) is 0 Å². The van der Waals surface area contributed by atoms with E-state index in [1.807, 2.05) is 179 Å². The molecule has 0 aliphatic carbocycles. The number of aliphatic imine (C=N–C) groups is 2. The Kier molecular flexibility index (Phi) is 33.5. The van der Waals surface area contributed by atoms with E-state index in [4.69, 9.17) is 34.7 Å². The molecule has 7 aromatic carbocycles. The zero-order valence-electron chi connectivity index (χ0n) is 58.2. The van der Waals surface area contributed by atoms with E-state index >= 15 is 0 Å². The van der Waals surface area contributed by atoms with Crippen molar-refractivity contribution in [2.75, 3.05) is 75.1 Å². The second kappa shape index (κ2) is 41.8. The van der Waals surface area contributed by atoms with E-state index < -0.39 is 12.1 Å². The summed E-state index contributed by atoms with van der Waals surface area (Å²) in [6, 6.07) is 49.4. The van der Waals surface area contributed by atoms with Gasteiger partial charge in [-0.15, -0.1) is 23.2 Å². The van der Waals surface area contributed by atoms with Crippen LogP contribution >= 0.6 is 35.0 Å². The molecule has 9 rings (SSSR count). The van der Waals surface area contributed by atoms with E-state index in [2.05, 4.69) is 67.4 Å². The minimum atomic E-state index is -0.652. The Labute approximate surface area is 606 Å². The highest BCUT2D eigenvalue weighted by Gasteiger charge is 2.40. The number of aryl methyl sites for hydroxylation is 2. The van der Waals surface area contributed by atoms with Crippen molar-refractivity contribution in [3.63, 3.8) is 0 Å². The molecule has 0 radical (unpaired) electrons. The highest BCUT2D eigenvalue weighted by Crippen LogP contribution is 2.34. The first-order valence-corrected chi connectivity index (χ1v) is 36.4. The van der Waals surface area contributed by atoms with Gasteiger partial charge in [0.05, 0.1) is 41.7 Å². The Bertz CT molecular complexity index is 3890. The van der Waals surface area contributed by atoms with Crippen LogP contribution in [0.15, 0.2) is 174 Å². The van der Waals surface area contributed by atoms with Gasteiger partial charge >= 0.3 is 0 Å². The number of ketones is 3. The maximum absolute atomic E-state index is 13.4. The number of hydrogen-bond donors (Lipinski definition) is 7. The van der Waals surface area contributed by atoms with Crippen LogP contribution in [-0.2, 0) is 32.0 Å². The number of rotatable bonds is 34. The van der Waals surface area contributed by atoms with E-state index in [0.29, 0.717) is 118 Å². The molecule has 2 aliphatic heterocycles. The Hall–Kier alpha value is -8.71. The van der Waals surface area contributed by atoms with E-state index in [9.17, 15) is 28.8 Å². The van der Waals surface area contributed by atoms with Crippen molar-refractivity contribution in [1.82, 2.24) is 26.6 Å².